The average molecular weight is 622 g/mol. The Kier molecular flexibility index (Phi) is 21.1. The van der Waals surface area contributed by atoms with Gasteiger partial charge in [0.05, 0.1) is 6.04 Å². The minimum atomic E-state index is -4.19. The molecule has 1 aromatic heterocycles. The molecule has 2 rings (SSSR count). The first-order valence-electron chi connectivity index (χ1n) is 10.8. The van der Waals surface area contributed by atoms with E-state index in [1.807, 2.05) is 13.8 Å². The second kappa shape index (κ2) is 20.3. The summed E-state index contributed by atoms with van der Waals surface area (Å²) in [5.41, 5.74) is 0.850. The molecule has 0 spiro atoms. The molecule has 3 atom stereocenters. The van der Waals surface area contributed by atoms with E-state index in [0.29, 0.717) is 21.6 Å². The molecule has 17 heteroatoms. The van der Waals surface area contributed by atoms with Gasteiger partial charge in [-0.1, -0.05) is 36.6 Å². The molecule has 0 saturated heterocycles. The van der Waals surface area contributed by atoms with Crippen LogP contribution in [0.25, 0.3) is 5.41 Å². The van der Waals surface area contributed by atoms with Crippen molar-refractivity contribution in [3.63, 3.8) is 0 Å². The van der Waals surface area contributed by atoms with Gasteiger partial charge in [0.15, 0.2) is 0 Å². The predicted octanol–water partition coefficient (Wildman–Crippen LogP) is -0.929. The van der Waals surface area contributed by atoms with E-state index in [2.05, 4.69) is 20.7 Å². The number of aliphatic hydroxyl groups is 1. The Hall–Kier alpha value is -0.600. The topological polar surface area (TPSA) is 210 Å². The van der Waals surface area contributed by atoms with Crippen molar-refractivity contribution in [2.24, 2.45) is 4.99 Å². The van der Waals surface area contributed by atoms with Gasteiger partial charge in [-0.2, -0.15) is 21.3 Å². The van der Waals surface area contributed by atoms with Crippen molar-refractivity contribution in [2.45, 2.75) is 39.0 Å². The van der Waals surface area contributed by atoms with Crippen LogP contribution in [0.4, 0.5) is 4.39 Å². The van der Waals surface area contributed by atoms with Crippen molar-refractivity contribution in [3.05, 3.63) is 76.0 Å². The molecule has 6 N–H and O–H groups in total. The van der Waals surface area contributed by atoms with Crippen LogP contribution >= 0.6 is 27.1 Å². The number of hydrogen-bond donors (Lipinski definition) is 6. The van der Waals surface area contributed by atoms with E-state index < -0.39 is 40.2 Å². The molecule has 0 bridgehead atoms. The van der Waals surface area contributed by atoms with Crippen LogP contribution in [-0.4, -0.2) is 67.7 Å². The first-order valence-corrected chi connectivity index (χ1v) is 14.8. The van der Waals surface area contributed by atoms with E-state index in [4.69, 9.17) is 46.4 Å². The van der Waals surface area contributed by atoms with Crippen LogP contribution in [-0.2, 0) is 13.8 Å². The van der Waals surface area contributed by atoms with Crippen molar-refractivity contribution in [3.8, 4) is 0 Å². The molecule has 0 aliphatic carbocycles. The van der Waals surface area contributed by atoms with Gasteiger partial charge in [-0.25, -0.2) is 4.39 Å². The van der Waals surface area contributed by atoms with E-state index in [-0.39, 0.29) is 41.5 Å². The molecule has 39 heavy (non-hydrogen) atoms. The molecular formula is C22H32ClFN3NaO9P2-2. The number of aliphatic hydroxyl groups excluding tert-OH is 1. The molecule has 0 fully saturated rings. The Labute approximate surface area is 254 Å². The smallest absolute Gasteiger partial charge is 0.862 e. The normalized spacial score (nSPS) is 14.5. The Bertz CT molecular complexity index is 1110. The molecule has 1 heterocycles. The van der Waals surface area contributed by atoms with Gasteiger partial charge in [0.25, 0.3) is 0 Å². The number of ether oxygens (including phenoxy) is 1. The molecular weight excluding hydrogens is 590 g/mol. The number of rotatable bonds is 10. The monoisotopic (exact) mass is 621 g/mol. The van der Waals surface area contributed by atoms with E-state index in [0.717, 1.165) is 19.9 Å². The van der Waals surface area contributed by atoms with E-state index in [1.54, 1.807) is 31.2 Å². The van der Waals surface area contributed by atoms with Crippen LogP contribution in [0, 0.1) is 18.6 Å². The fraction of sp³-hybridized carbons (Fsp3) is 0.409. The zero-order valence-corrected chi connectivity index (χ0v) is 26.6. The van der Waals surface area contributed by atoms with Crippen LogP contribution in [0.3, 0.4) is 0 Å². The molecule has 1 aromatic carbocycles. The van der Waals surface area contributed by atoms with Crippen LogP contribution < -0.4 is 40.0 Å². The minimum Gasteiger partial charge on any atom is -0.862 e. The van der Waals surface area contributed by atoms with Gasteiger partial charge in [-0.05, 0) is 32.2 Å². The van der Waals surface area contributed by atoms with Crippen LogP contribution in [0.5, 0.6) is 0 Å². The first-order chi connectivity index (χ1) is 17.5. The largest absolute Gasteiger partial charge is 1.00 e. The summed E-state index contributed by atoms with van der Waals surface area (Å²) < 4.78 is 32.9. The quantitative estimate of drug-likeness (QED) is 0.0635. The number of pyridine rings is 1. The third-order valence-electron chi connectivity index (χ3n) is 4.01. The molecule has 0 aliphatic heterocycles. The molecule has 216 valence electrons. The van der Waals surface area contributed by atoms with Gasteiger partial charge in [-0.15, -0.1) is 23.8 Å². The SMILES string of the molecule is CC(C)O[CH-]C(O)C[O-].CC(N=c1cc(Cl)[nH][c-]c1C=[N-])c1ccccc1F.COP(=O)(O)C[P+](O)(O)O.[Na+]. The summed E-state index contributed by atoms with van der Waals surface area (Å²) in [6, 6.07) is 7.59. The number of aromatic amines is 1. The first kappa shape index (κ1) is 40.5. The molecule has 2 aromatic rings. The molecule has 3 unspecified atom stereocenters. The fourth-order valence-corrected chi connectivity index (χ4v) is 4.84. The second-order valence-corrected chi connectivity index (χ2v) is 12.3. The van der Waals surface area contributed by atoms with E-state index in [9.17, 15) is 14.1 Å². The number of aromatic nitrogens is 1. The summed E-state index contributed by atoms with van der Waals surface area (Å²) in [6.45, 7) is 6.05. The Morgan fingerprint density at radius 2 is 1.92 bits per heavy atom. The Balaban J connectivity index is 0. The summed E-state index contributed by atoms with van der Waals surface area (Å²) in [7, 11) is -7.25. The number of hydrogen-bond acceptors (Lipinski definition) is 9. The van der Waals surface area contributed by atoms with E-state index >= 15 is 0 Å². The second-order valence-electron chi connectivity index (χ2n) is 7.71. The molecule has 0 radical (unpaired) electrons. The number of benzene rings is 1. The van der Waals surface area contributed by atoms with Crippen molar-refractivity contribution in [2.75, 3.05) is 19.6 Å². The zero-order valence-electron chi connectivity index (χ0n) is 22.1. The van der Waals surface area contributed by atoms with Crippen molar-refractivity contribution < 1.29 is 77.6 Å². The third-order valence-corrected chi connectivity index (χ3v) is 7.73. The number of nitrogens with zero attached hydrogens (tertiary/aromatic N) is 2. The van der Waals surface area contributed by atoms with Gasteiger partial charge in [0.2, 0.25) is 5.90 Å². The van der Waals surface area contributed by atoms with Crippen LogP contribution in [0.15, 0.2) is 35.3 Å². The molecule has 0 saturated carbocycles. The average Bonchev–Trinajstić information content (AvgIpc) is 2.82. The third kappa shape index (κ3) is 19.2. The van der Waals surface area contributed by atoms with Gasteiger partial charge in [0.1, 0.15) is 5.82 Å². The van der Waals surface area contributed by atoms with Crippen LogP contribution in [0.1, 0.15) is 37.9 Å². The zero-order chi connectivity index (χ0) is 29.5. The van der Waals surface area contributed by atoms with Gasteiger partial charge in [0, 0.05) is 23.9 Å². The minimum absolute atomic E-state index is 0. The molecule has 12 nitrogen and oxygen atoms in total. The molecule has 0 amide bonds. The standard InChI is InChI=1S/C14H11ClFN3.C6H12O3.C2H8O6P2.Na/c1-9(11-4-2-3-5-12(11)16)19-13-6-14(15)18-8-10(13)7-17;1-5(2)9-4-6(8)3-7;1-8-10(6,7)2-9(3,4)5;/h2-7,9H,1H3,(H,18,19);4-6,8H,3H2,1-2H3;3-5H,2H2,1H3;/q2*-2;;+1/p+1. The molecule has 0 aliphatic rings. The van der Waals surface area contributed by atoms with Gasteiger partial charge in [-0.3, -0.25) is 10.8 Å². The summed E-state index contributed by atoms with van der Waals surface area (Å²) in [5.74, 6) is -1.33. The Morgan fingerprint density at radius 1 is 1.33 bits per heavy atom. The summed E-state index contributed by atoms with van der Waals surface area (Å²) >= 11 is 5.82. The van der Waals surface area contributed by atoms with Crippen molar-refractivity contribution in [1.82, 2.24) is 4.98 Å². The number of nitrogens with one attached hydrogen (secondary N) is 1. The summed E-state index contributed by atoms with van der Waals surface area (Å²) in [6.07, 6.45) is 2.62. The maximum atomic E-state index is 13.6. The van der Waals surface area contributed by atoms with Gasteiger partial charge >= 0.3 is 45.1 Å². The maximum Gasteiger partial charge on any atom is 1.00 e. The number of H-pyrrole nitrogens is 1. The van der Waals surface area contributed by atoms with Crippen LogP contribution in [0.2, 0.25) is 5.15 Å². The van der Waals surface area contributed by atoms with E-state index in [1.165, 1.54) is 6.07 Å². The van der Waals surface area contributed by atoms with Crippen molar-refractivity contribution >= 4 is 33.4 Å². The number of halogens is 2. The Morgan fingerprint density at radius 3 is 2.36 bits per heavy atom. The fourth-order valence-electron chi connectivity index (χ4n) is 2.31. The summed E-state index contributed by atoms with van der Waals surface area (Å²) in [5, 5.41) is 28.4. The van der Waals surface area contributed by atoms with Gasteiger partial charge < -0.3 is 39.8 Å². The maximum absolute atomic E-state index is 13.6. The summed E-state index contributed by atoms with van der Waals surface area (Å²) in [4.78, 5) is 40.4. The van der Waals surface area contributed by atoms with Crippen molar-refractivity contribution in [1.29, 1.82) is 0 Å². The predicted molar refractivity (Wildman–Crippen MR) is 140 cm³/mol.